The lowest BCUT2D eigenvalue weighted by Gasteiger charge is -2.13. The van der Waals surface area contributed by atoms with Gasteiger partial charge in [0.2, 0.25) is 5.91 Å². The van der Waals surface area contributed by atoms with Crippen LogP contribution in [0.3, 0.4) is 0 Å². The lowest BCUT2D eigenvalue weighted by atomic mass is 10.1. The van der Waals surface area contributed by atoms with E-state index in [-0.39, 0.29) is 24.4 Å². The molecule has 4 heteroatoms. The smallest absolute Gasteiger partial charge is 0.220 e. The molecule has 0 aliphatic heterocycles. The van der Waals surface area contributed by atoms with Gasteiger partial charge >= 0.3 is 0 Å². The number of rotatable bonds is 7. The standard InChI is InChI=1S/C19H24N2O.ClH/c1-15-10-12-16(13-11-15)6-5-9-19(22)21-14-18(20)17-7-3-2-4-8-17;/h2-4,7-8,10-13,18H,5-6,9,14,20H2,1H3,(H,21,22);1H. The highest BCUT2D eigenvalue weighted by Crippen LogP contribution is 2.09. The van der Waals surface area contributed by atoms with Crippen molar-refractivity contribution in [2.45, 2.75) is 32.2 Å². The van der Waals surface area contributed by atoms with Gasteiger partial charge in [-0.3, -0.25) is 4.79 Å². The average molecular weight is 333 g/mol. The third-order valence-electron chi connectivity index (χ3n) is 3.74. The number of hydrogen-bond acceptors (Lipinski definition) is 2. The third-order valence-corrected chi connectivity index (χ3v) is 3.74. The van der Waals surface area contributed by atoms with Gasteiger partial charge in [0, 0.05) is 19.0 Å². The molecule has 0 heterocycles. The van der Waals surface area contributed by atoms with Crippen molar-refractivity contribution < 1.29 is 4.79 Å². The summed E-state index contributed by atoms with van der Waals surface area (Å²) in [5.41, 5.74) is 9.64. The Bertz CT molecular complexity index is 584. The minimum atomic E-state index is -0.151. The third kappa shape index (κ3) is 6.85. The molecule has 0 aromatic heterocycles. The summed E-state index contributed by atoms with van der Waals surface area (Å²) in [5, 5.41) is 2.91. The predicted octanol–water partition coefficient (Wildman–Crippen LogP) is 3.56. The maximum absolute atomic E-state index is 11.9. The minimum absolute atomic E-state index is 0. The molecule has 0 spiro atoms. The number of carbonyl (C=O) groups excluding carboxylic acids is 1. The Kier molecular flexibility index (Phi) is 8.38. The molecule has 2 aromatic rings. The molecule has 0 saturated carbocycles. The number of carbonyl (C=O) groups is 1. The number of hydrogen-bond donors (Lipinski definition) is 2. The zero-order chi connectivity index (χ0) is 15.8. The van der Waals surface area contributed by atoms with Gasteiger partial charge in [-0.2, -0.15) is 0 Å². The second-order valence-corrected chi connectivity index (χ2v) is 5.66. The highest BCUT2D eigenvalue weighted by Gasteiger charge is 2.07. The first kappa shape index (κ1) is 19.2. The molecule has 2 rings (SSSR count). The lowest BCUT2D eigenvalue weighted by molar-refractivity contribution is -0.121. The molecule has 2 aromatic carbocycles. The van der Waals surface area contributed by atoms with Crippen LogP contribution in [0.25, 0.3) is 0 Å². The van der Waals surface area contributed by atoms with Gasteiger partial charge in [0.15, 0.2) is 0 Å². The molecule has 3 N–H and O–H groups in total. The van der Waals surface area contributed by atoms with E-state index in [1.54, 1.807) is 0 Å². The maximum atomic E-state index is 11.9. The van der Waals surface area contributed by atoms with E-state index in [9.17, 15) is 4.79 Å². The fraction of sp³-hybridized carbons (Fsp3) is 0.316. The zero-order valence-electron chi connectivity index (χ0n) is 13.5. The topological polar surface area (TPSA) is 55.1 Å². The fourth-order valence-corrected chi connectivity index (χ4v) is 2.34. The molecule has 3 nitrogen and oxygen atoms in total. The summed E-state index contributed by atoms with van der Waals surface area (Å²) in [6.45, 7) is 2.56. The molecule has 0 aliphatic rings. The second-order valence-electron chi connectivity index (χ2n) is 5.66. The molecular weight excluding hydrogens is 308 g/mol. The summed E-state index contributed by atoms with van der Waals surface area (Å²) in [5.74, 6) is 0.0680. The zero-order valence-corrected chi connectivity index (χ0v) is 14.3. The van der Waals surface area contributed by atoms with E-state index in [4.69, 9.17) is 5.73 Å². The van der Waals surface area contributed by atoms with E-state index < -0.39 is 0 Å². The van der Waals surface area contributed by atoms with Gasteiger partial charge in [-0.05, 0) is 30.9 Å². The predicted molar refractivity (Wildman–Crippen MR) is 97.7 cm³/mol. The molecule has 0 radical (unpaired) electrons. The summed E-state index contributed by atoms with van der Waals surface area (Å²) in [7, 11) is 0. The SMILES string of the molecule is Cc1ccc(CCCC(=O)NCC(N)c2ccccc2)cc1.Cl. The van der Waals surface area contributed by atoms with E-state index in [1.807, 2.05) is 30.3 Å². The number of nitrogens with one attached hydrogen (secondary N) is 1. The molecule has 1 atom stereocenters. The first-order valence-electron chi connectivity index (χ1n) is 7.78. The van der Waals surface area contributed by atoms with Crippen molar-refractivity contribution in [1.29, 1.82) is 0 Å². The number of halogens is 1. The molecule has 1 unspecified atom stereocenters. The highest BCUT2D eigenvalue weighted by atomic mass is 35.5. The maximum Gasteiger partial charge on any atom is 0.220 e. The van der Waals surface area contributed by atoms with E-state index in [0.29, 0.717) is 13.0 Å². The summed E-state index contributed by atoms with van der Waals surface area (Å²) >= 11 is 0. The molecule has 0 saturated heterocycles. The van der Waals surface area contributed by atoms with Crippen LogP contribution < -0.4 is 11.1 Å². The Hall–Kier alpha value is -1.84. The molecule has 0 fully saturated rings. The molecule has 23 heavy (non-hydrogen) atoms. The van der Waals surface area contributed by atoms with Crippen molar-refractivity contribution in [3.8, 4) is 0 Å². The Morgan fingerprint density at radius 3 is 2.39 bits per heavy atom. The van der Waals surface area contributed by atoms with E-state index in [0.717, 1.165) is 18.4 Å². The van der Waals surface area contributed by atoms with Crippen LogP contribution in [0.5, 0.6) is 0 Å². The van der Waals surface area contributed by atoms with Gasteiger partial charge in [-0.15, -0.1) is 12.4 Å². The molecular formula is C19H25ClN2O. The summed E-state index contributed by atoms with van der Waals surface area (Å²) in [4.78, 5) is 11.9. The molecule has 0 aliphatic carbocycles. The van der Waals surface area contributed by atoms with Crippen LogP contribution in [-0.4, -0.2) is 12.5 Å². The van der Waals surface area contributed by atoms with Gasteiger partial charge < -0.3 is 11.1 Å². The lowest BCUT2D eigenvalue weighted by Crippen LogP contribution is -2.31. The van der Waals surface area contributed by atoms with E-state index in [2.05, 4.69) is 36.5 Å². The van der Waals surface area contributed by atoms with Crippen LogP contribution >= 0.6 is 12.4 Å². The van der Waals surface area contributed by atoms with E-state index >= 15 is 0 Å². The second kappa shape index (κ2) is 10.0. The Morgan fingerprint density at radius 1 is 1.09 bits per heavy atom. The quantitative estimate of drug-likeness (QED) is 0.814. The van der Waals surface area contributed by atoms with Crippen molar-refractivity contribution in [2.24, 2.45) is 5.73 Å². The van der Waals surface area contributed by atoms with Crippen LogP contribution in [-0.2, 0) is 11.2 Å². The van der Waals surface area contributed by atoms with Crippen LogP contribution in [0.15, 0.2) is 54.6 Å². The Labute approximate surface area is 144 Å². The van der Waals surface area contributed by atoms with Gasteiger partial charge in [-0.1, -0.05) is 60.2 Å². The van der Waals surface area contributed by atoms with Gasteiger partial charge in [0.1, 0.15) is 0 Å². The first-order valence-corrected chi connectivity index (χ1v) is 7.78. The molecule has 0 bridgehead atoms. The van der Waals surface area contributed by atoms with Crippen molar-refractivity contribution in [3.05, 3.63) is 71.3 Å². The summed E-state index contributed by atoms with van der Waals surface area (Å²) < 4.78 is 0. The highest BCUT2D eigenvalue weighted by molar-refractivity contribution is 5.85. The monoisotopic (exact) mass is 332 g/mol. The van der Waals surface area contributed by atoms with Crippen LogP contribution in [0.4, 0.5) is 0 Å². The van der Waals surface area contributed by atoms with Gasteiger partial charge in [0.25, 0.3) is 0 Å². The van der Waals surface area contributed by atoms with E-state index in [1.165, 1.54) is 11.1 Å². The molecule has 124 valence electrons. The van der Waals surface area contributed by atoms with Crippen molar-refractivity contribution in [3.63, 3.8) is 0 Å². The summed E-state index contributed by atoms with van der Waals surface area (Å²) in [6, 6.07) is 18.1. The minimum Gasteiger partial charge on any atom is -0.354 e. The Morgan fingerprint density at radius 2 is 1.74 bits per heavy atom. The molecule has 1 amide bonds. The number of aryl methyl sites for hydroxylation is 2. The summed E-state index contributed by atoms with van der Waals surface area (Å²) in [6.07, 6.45) is 2.32. The van der Waals surface area contributed by atoms with Gasteiger partial charge in [0.05, 0.1) is 0 Å². The number of benzene rings is 2. The Balaban J connectivity index is 0.00000264. The van der Waals surface area contributed by atoms with Crippen LogP contribution in [0.1, 0.15) is 35.6 Å². The van der Waals surface area contributed by atoms with Crippen molar-refractivity contribution >= 4 is 18.3 Å². The number of amides is 1. The van der Waals surface area contributed by atoms with Crippen LogP contribution in [0.2, 0.25) is 0 Å². The van der Waals surface area contributed by atoms with Crippen molar-refractivity contribution in [1.82, 2.24) is 5.32 Å². The average Bonchev–Trinajstić information content (AvgIpc) is 2.55. The largest absolute Gasteiger partial charge is 0.354 e. The van der Waals surface area contributed by atoms with Crippen molar-refractivity contribution in [2.75, 3.05) is 6.54 Å². The number of nitrogens with two attached hydrogens (primary N) is 1. The fourth-order valence-electron chi connectivity index (χ4n) is 2.34. The first-order chi connectivity index (χ1) is 10.6. The normalized spacial score (nSPS) is 11.4. The van der Waals surface area contributed by atoms with Crippen LogP contribution in [0, 0.1) is 6.92 Å². The van der Waals surface area contributed by atoms with Gasteiger partial charge in [-0.25, -0.2) is 0 Å².